The van der Waals surface area contributed by atoms with Gasteiger partial charge in [0.25, 0.3) is 0 Å². The van der Waals surface area contributed by atoms with E-state index in [1.165, 1.54) is 0 Å². The van der Waals surface area contributed by atoms with Crippen LogP contribution in [0.3, 0.4) is 0 Å². The summed E-state index contributed by atoms with van der Waals surface area (Å²) < 4.78 is 2.06. The lowest BCUT2D eigenvalue weighted by Gasteiger charge is -2.39. The standard InChI is InChI=1S/C20H23Cl2N5/c1-13-17(14-4-3-5-15(21)16(14)22)27-11-8-24-18(27)19(25-13)26-9-6-20(2,12-23)7-10-26/h3-5,8,11H,6-7,9-10,12,23H2,1-2H3. The van der Waals surface area contributed by atoms with Gasteiger partial charge in [0.2, 0.25) is 0 Å². The normalized spacial score (nSPS) is 16.9. The molecule has 0 unspecified atom stereocenters. The van der Waals surface area contributed by atoms with E-state index in [1.807, 2.05) is 25.3 Å². The Bertz CT molecular complexity index is 989. The average molecular weight is 404 g/mol. The maximum atomic E-state index is 6.49. The van der Waals surface area contributed by atoms with Crippen molar-refractivity contribution in [2.75, 3.05) is 24.5 Å². The highest BCUT2D eigenvalue weighted by Crippen LogP contribution is 2.38. The maximum absolute atomic E-state index is 6.49. The Balaban J connectivity index is 1.81. The second-order valence-corrected chi connectivity index (χ2v) is 8.38. The van der Waals surface area contributed by atoms with Gasteiger partial charge >= 0.3 is 0 Å². The predicted molar refractivity (Wildman–Crippen MR) is 112 cm³/mol. The van der Waals surface area contributed by atoms with E-state index >= 15 is 0 Å². The van der Waals surface area contributed by atoms with Gasteiger partial charge in [0.1, 0.15) is 0 Å². The number of nitrogens with two attached hydrogens (primary N) is 1. The number of anilines is 1. The van der Waals surface area contributed by atoms with Gasteiger partial charge in [-0.1, -0.05) is 42.3 Å². The van der Waals surface area contributed by atoms with Gasteiger partial charge in [-0.05, 0) is 37.8 Å². The molecule has 1 aromatic carbocycles. The van der Waals surface area contributed by atoms with Gasteiger partial charge in [-0.3, -0.25) is 4.40 Å². The zero-order chi connectivity index (χ0) is 19.2. The van der Waals surface area contributed by atoms with E-state index in [0.717, 1.165) is 60.9 Å². The smallest absolute Gasteiger partial charge is 0.180 e. The van der Waals surface area contributed by atoms with Crippen molar-refractivity contribution in [3.8, 4) is 11.3 Å². The Labute approximate surface area is 169 Å². The van der Waals surface area contributed by atoms with Gasteiger partial charge in [0.05, 0.1) is 21.4 Å². The molecule has 0 saturated carbocycles. The van der Waals surface area contributed by atoms with E-state index in [-0.39, 0.29) is 5.41 Å². The van der Waals surface area contributed by atoms with Crippen LogP contribution >= 0.6 is 23.2 Å². The zero-order valence-corrected chi connectivity index (χ0v) is 17.1. The lowest BCUT2D eigenvalue weighted by Crippen LogP contribution is -2.42. The number of fused-ring (bicyclic) bond motifs is 1. The third kappa shape index (κ3) is 3.18. The first-order chi connectivity index (χ1) is 12.9. The average Bonchev–Trinajstić information content (AvgIpc) is 3.14. The molecule has 1 saturated heterocycles. The van der Waals surface area contributed by atoms with Crippen molar-refractivity contribution in [1.82, 2.24) is 14.4 Å². The summed E-state index contributed by atoms with van der Waals surface area (Å²) in [6.45, 7) is 6.85. The van der Waals surface area contributed by atoms with Crippen molar-refractivity contribution in [2.45, 2.75) is 26.7 Å². The topological polar surface area (TPSA) is 59.5 Å². The van der Waals surface area contributed by atoms with E-state index in [0.29, 0.717) is 10.0 Å². The minimum atomic E-state index is 0.214. The fourth-order valence-corrected chi connectivity index (χ4v) is 4.16. The number of aromatic nitrogens is 3. The van der Waals surface area contributed by atoms with Crippen molar-refractivity contribution < 1.29 is 0 Å². The Kier molecular flexibility index (Phi) is 4.78. The Hall–Kier alpha value is -1.82. The number of aryl methyl sites for hydroxylation is 1. The molecule has 1 aliphatic rings. The fraction of sp³-hybridized carbons (Fsp3) is 0.400. The number of halogens is 2. The number of piperidine rings is 1. The van der Waals surface area contributed by atoms with Crippen LogP contribution < -0.4 is 10.6 Å². The van der Waals surface area contributed by atoms with Gasteiger partial charge in [0.15, 0.2) is 11.5 Å². The van der Waals surface area contributed by atoms with Gasteiger partial charge in [-0.2, -0.15) is 0 Å². The van der Waals surface area contributed by atoms with Crippen molar-refractivity contribution in [3.63, 3.8) is 0 Å². The number of benzene rings is 1. The van der Waals surface area contributed by atoms with Crippen LogP contribution in [0, 0.1) is 12.3 Å². The molecule has 7 heteroatoms. The highest BCUT2D eigenvalue weighted by molar-refractivity contribution is 6.43. The molecule has 142 valence electrons. The number of rotatable bonds is 3. The minimum Gasteiger partial charge on any atom is -0.353 e. The molecule has 0 amide bonds. The van der Waals surface area contributed by atoms with Crippen LogP contribution in [0.4, 0.5) is 5.82 Å². The van der Waals surface area contributed by atoms with Gasteiger partial charge in [-0.25, -0.2) is 9.97 Å². The lowest BCUT2D eigenvalue weighted by molar-refractivity contribution is 0.258. The molecular formula is C20H23Cl2N5. The molecule has 5 nitrogen and oxygen atoms in total. The first-order valence-corrected chi connectivity index (χ1v) is 9.92. The third-order valence-electron chi connectivity index (χ3n) is 5.67. The number of hydrogen-bond donors (Lipinski definition) is 1. The summed E-state index contributed by atoms with van der Waals surface area (Å²) in [5.74, 6) is 0.915. The third-order valence-corrected chi connectivity index (χ3v) is 6.49. The highest BCUT2D eigenvalue weighted by atomic mass is 35.5. The Morgan fingerprint density at radius 2 is 1.96 bits per heavy atom. The second-order valence-electron chi connectivity index (χ2n) is 7.59. The summed E-state index contributed by atoms with van der Waals surface area (Å²) in [5, 5.41) is 1.06. The summed E-state index contributed by atoms with van der Waals surface area (Å²) in [5.41, 5.74) is 9.68. The van der Waals surface area contributed by atoms with E-state index < -0.39 is 0 Å². The molecule has 0 radical (unpaired) electrons. The summed E-state index contributed by atoms with van der Waals surface area (Å²) in [6.07, 6.45) is 5.86. The Morgan fingerprint density at radius 3 is 2.67 bits per heavy atom. The van der Waals surface area contributed by atoms with Gasteiger partial charge in [0, 0.05) is 31.0 Å². The highest BCUT2D eigenvalue weighted by Gasteiger charge is 2.30. The Morgan fingerprint density at radius 1 is 1.22 bits per heavy atom. The molecular weight excluding hydrogens is 381 g/mol. The first kappa shape index (κ1) is 18.5. The molecule has 3 heterocycles. The predicted octanol–water partition coefficient (Wildman–Crippen LogP) is 4.58. The van der Waals surface area contributed by atoms with Crippen LogP contribution in [0.15, 0.2) is 30.6 Å². The van der Waals surface area contributed by atoms with Gasteiger partial charge < -0.3 is 10.6 Å². The molecule has 4 rings (SSSR count). The first-order valence-electron chi connectivity index (χ1n) is 9.16. The van der Waals surface area contributed by atoms with Crippen molar-refractivity contribution in [3.05, 3.63) is 46.3 Å². The quantitative estimate of drug-likeness (QED) is 0.695. The monoisotopic (exact) mass is 403 g/mol. The molecule has 0 atom stereocenters. The van der Waals surface area contributed by atoms with Crippen LogP contribution in [0.2, 0.25) is 10.0 Å². The van der Waals surface area contributed by atoms with Crippen molar-refractivity contribution in [1.29, 1.82) is 0 Å². The summed E-state index contributed by atoms with van der Waals surface area (Å²) in [6, 6.07) is 5.65. The summed E-state index contributed by atoms with van der Waals surface area (Å²) >= 11 is 12.7. The van der Waals surface area contributed by atoms with E-state index in [9.17, 15) is 0 Å². The maximum Gasteiger partial charge on any atom is 0.180 e. The number of imidazole rings is 1. The van der Waals surface area contributed by atoms with E-state index in [4.69, 9.17) is 33.9 Å². The number of hydrogen-bond acceptors (Lipinski definition) is 4. The number of nitrogens with zero attached hydrogens (tertiary/aromatic N) is 4. The van der Waals surface area contributed by atoms with Crippen LogP contribution in [-0.2, 0) is 0 Å². The molecule has 3 aromatic rings. The molecule has 1 aliphatic heterocycles. The zero-order valence-electron chi connectivity index (χ0n) is 15.5. The summed E-state index contributed by atoms with van der Waals surface area (Å²) in [7, 11) is 0. The molecule has 27 heavy (non-hydrogen) atoms. The van der Waals surface area contributed by atoms with Crippen LogP contribution in [-0.4, -0.2) is 34.0 Å². The molecule has 0 spiro atoms. The second kappa shape index (κ2) is 6.97. The van der Waals surface area contributed by atoms with Crippen molar-refractivity contribution >= 4 is 34.7 Å². The summed E-state index contributed by atoms with van der Waals surface area (Å²) in [4.78, 5) is 11.8. The van der Waals surface area contributed by atoms with Crippen LogP contribution in [0.5, 0.6) is 0 Å². The van der Waals surface area contributed by atoms with E-state index in [1.54, 1.807) is 12.3 Å². The molecule has 2 aromatic heterocycles. The fourth-order valence-electron chi connectivity index (χ4n) is 3.77. The molecule has 1 fully saturated rings. The largest absolute Gasteiger partial charge is 0.353 e. The van der Waals surface area contributed by atoms with Crippen LogP contribution in [0.25, 0.3) is 16.9 Å². The molecule has 0 bridgehead atoms. The lowest BCUT2D eigenvalue weighted by atomic mass is 9.80. The molecule has 0 aliphatic carbocycles. The van der Waals surface area contributed by atoms with Gasteiger partial charge in [-0.15, -0.1) is 0 Å². The van der Waals surface area contributed by atoms with Crippen molar-refractivity contribution in [2.24, 2.45) is 11.1 Å². The van der Waals surface area contributed by atoms with E-state index in [2.05, 4.69) is 21.2 Å². The molecule has 2 N–H and O–H groups in total. The SMILES string of the molecule is Cc1nc(N2CCC(C)(CN)CC2)c2nccn2c1-c1cccc(Cl)c1Cl. The minimum absolute atomic E-state index is 0.214. The van der Waals surface area contributed by atoms with Crippen LogP contribution in [0.1, 0.15) is 25.5 Å².